The van der Waals surface area contributed by atoms with Crippen LogP contribution in [0.4, 0.5) is 0 Å². The number of rotatable bonds is 10. The summed E-state index contributed by atoms with van der Waals surface area (Å²) in [4.78, 5) is 11.5. The van der Waals surface area contributed by atoms with Gasteiger partial charge in [-0.05, 0) is 20.0 Å². The zero-order valence-electron chi connectivity index (χ0n) is 12.9. The molecular weight excluding hydrogens is 272 g/mol. The first-order valence-electron chi connectivity index (χ1n) is 6.96. The van der Waals surface area contributed by atoms with Crippen molar-refractivity contribution in [2.75, 3.05) is 41.0 Å². The molecule has 0 unspecified atom stereocenters. The lowest BCUT2D eigenvalue weighted by Gasteiger charge is -2.11. The van der Waals surface area contributed by atoms with Crippen molar-refractivity contribution in [1.82, 2.24) is 10.6 Å². The summed E-state index contributed by atoms with van der Waals surface area (Å²) in [7, 11) is 5.04. The lowest BCUT2D eigenvalue weighted by atomic mass is 10.3. The number of amides is 1. The lowest BCUT2D eigenvalue weighted by molar-refractivity contribution is -0.121. The van der Waals surface area contributed by atoms with Gasteiger partial charge >= 0.3 is 0 Å². The molecule has 0 saturated carbocycles. The van der Waals surface area contributed by atoms with Crippen molar-refractivity contribution in [1.29, 1.82) is 0 Å². The Balaban J connectivity index is 2.30. The number of benzene rings is 1. The maximum Gasteiger partial charge on any atom is 0.220 e. The van der Waals surface area contributed by atoms with Gasteiger partial charge in [0.25, 0.3) is 0 Å². The van der Waals surface area contributed by atoms with Crippen LogP contribution >= 0.6 is 0 Å². The van der Waals surface area contributed by atoms with Crippen LogP contribution < -0.4 is 24.8 Å². The minimum absolute atomic E-state index is 0.0390. The van der Waals surface area contributed by atoms with Crippen molar-refractivity contribution < 1.29 is 19.0 Å². The van der Waals surface area contributed by atoms with Crippen molar-refractivity contribution in [2.24, 2.45) is 0 Å². The Morgan fingerprint density at radius 3 is 2.24 bits per heavy atom. The van der Waals surface area contributed by atoms with E-state index in [9.17, 15) is 4.79 Å². The summed E-state index contributed by atoms with van der Waals surface area (Å²) in [6, 6.07) is 5.32. The first kappa shape index (κ1) is 17.1. The van der Waals surface area contributed by atoms with Gasteiger partial charge in [0, 0.05) is 24.6 Å². The quantitative estimate of drug-likeness (QED) is 0.635. The highest BCUT2D eigenvalue weighted by Gasteiger charge is 2.04. The highest BCUT2D eigenvalue weighted by Crippen LogP contribution is 2.27. The van der Waals surface area contributed by atoms with Crippen molar-refractivity contribution in [3.05, 3.63) is 18.2 Å². The van der Waals surface area contributed by atoms with Crippen LogP contribution in [0.5, 0.6) is 17.2 Å². The smallest absolute Gasteiger partial charge is 0.220 e. The van der Waals surface area contributed by atoms with Crippen molar-refractivity contribution >= 4 is 5.91 Å². The van der Waals surface area contributed by atoms with Crippen LogP contribution in [-0.2, 0) is 4.79 Å². The van der Waals surface area contributed by atoms with E-state index in [2.05, 4.69) is 10.6 Å². The predicted octanol–water partition coefficient (Wildman–Crippen LogP) is 1.20. The highest BCUT2D eigenvalue weighted by atomic mass is 16.5. The monoisotopic (exact) mass is 296 g/mol. The molecule has 0 fully saturated rings. The fourth-order valence-corrected chi connectivity index (χ4v) is 1.74. The van der Waals surface area contributed by atoms with Gasteiger partial charge in [-0.25, -0.2) is 0 Å². The second-order valence-corrected chi connectivity index (χ2v) is 4.45. The van der Waals surface area contributed by atoms with E-state index in [1.54, 1.807) is 32.4 Å². The Bertz CT molecular complexity index is 415. The first-order valence-corrected chi connectivity index (χ1v) is 6.96. The molecule has 0 saturated heterocycles. The van der Waals surface area contributed by atoms with E-state index in [1.165, 1.54) is 0 Å². The van der Waals surface area contributed by atoms with Crippen LogP contribution in [-0.4, -0.2) is 46.9 Å². The fraction of sp³-hybridized carbons (Fsp3) is 0.533. The number of carbonyl (C=O) groups is 1. The summed E-state index contributed by atoms with van der Waals surface area (Å²) in [5.41, 5.74) is 0. The van der Waals surface area contributed by atoms with Crippen molar-refractivity contribution in [3.8, 4) is 17.2 Å². The zero-order valence-corrected chi connectivity index (χ0v) is 12.9. The lowest BCUT2D eigenvalue weighted by Crippen LogP contribution is -2.28. The largest absolute Gasteiger partial charge is 0.496 e. The Hall–Kier alpha value is -1.95. The van der Waals surface area contributed by atoms with Crippen LogP contribution in [0.1, 0.15) is 12.8 Å². The minimum atomic E-state index is 0.0390. The maximum absolute atomic E-state index is 11.5. The third-order valence-electron chi connectivity index (χ3n) is 2.85. The summed E-state index contributed by atoms with van der Waals surface area (Å²) >= 11 is 0. The molecule has 0 aromatic heterocycles. The average molecular weight is 296 g/mol. The molecule has 1 rings (SSSR count). The average Bonchev–Trinajstić information content (AvgIpc) is 2.51. The van der Waals surface area contributed by atoms with Gasteiger partial charge in [0.15, 0.2) is 0 Å². The molecule has 0 aliphatic heterocycles. The van der Waals surface area contributed by atoms with Gasteiger partial charge in [-0.1, -0.05) is 0 Å². The van der Waals surface area contributed by atoms with Crippen LogP contribution in [0.25, 0.3) is 0 Å². The molecule has 1 amide bonds. The van der Waals surface area contributed by atoms with Crippen molar-refractivity contribution in [3.63, 3.8) is 0 Å². The van der Waals surface area contributed by atoms with Gasteiger partial charge < -0.3 is 24.8 Å². The molecule has 0 heterocycles. The maximum atomic E-state index is 11.5. The van der Waals surface area contributed by atoms with Gasteiger partial charge in [0.2, 0.25) is 5.91 Å². The van der Waals surface area contributed by atoms with Gasteiger partial charge in [-0.15, -0.1) is 0 Å². The van der Waals surface area contributed by atoms with Gasteiger partial charge in [-0.3, -0.25) is 4.79 Å². The van der Waals surface area contributed by atoms with Gasteiger partial charge in [0.05, 0.1) is 20.8 Å². The minimum Gasteiger partial charge on any atom is -0.496 e. The molecule has 0 spiro atoms. The van der Waals surface area contributed by atoms with E-state index in [-0.39, 0.29) is 5.91 Å². The Kier molecular flexibility index (Phi) is 8.04. The number of hydrogen-bond acceptors (Lipinski definition) is 5. The van der Waals surface area contributed by atoms with E-state index in [4.69, 9.17) is 14.2 Å². The summed E-state index contributed by atoms with van der Waals surface area (Å²) < 4.78 is 15.9. The van der Waals surface area contributed by atoms with E-state index >= 15 is 0 Å². The van der Waals surface area contributed by atoms with Crippen LogP contribution in [0.2, 0.25) is 0 Å². The molecule has 2 N–H and O–H groups in total. The SMILES string of the molecule is CNCCCC(=O)NCCOc1cc(OC)cc(OC)c1. The third kappa shape index (κ3) is 6.85. The molecule has 21 heavy (non-hydrogen) atoms. The molecule has 6 nitrogen and oxygen atoms in total. The second-order valence-electron chi connectivity index (χ2n) is 4.45. The molecule has 0 aliphatic rings. The number of carbonyl (C=O) groups excluding carboxylic acids is 1. The first-order chi connectivity index (χ1) is 10.2. The summed E-state index contributed by atoms with van der Waals surface area (Å²) in [5, 5.41) is 5.82. The van der Waals surface area contributed by atoms with Crippen molar-refractivity contribution in [2.45, 2.75) is 12.8 Å². The fourth-order valence-electron chi connectivity index (χ4n) is 1.74. The summed E-state index contributed by atoms with van der Waals surface area (Å²) in [5.74, 6) is 2.02. The third-order valence-corrected chi connectivity index (χ3v) is 2.85. The number of ether oxygens (including phenoxy) is 3. The molecule has 6 heteroatoms. The van der Waals surface area contributed by atoms with E-state index in [0.717, 1.165) is 13.0 Å². The molecular formula is C15H24N2O4. The molecule has 0 bridgehead atoms. The molecule has 1 aromatic carbocycles. The van der Waals surface area contributed by atoms with E-state index in [1.807, 2.05) is 7.05 Å². The normalized spacial score (nSPS) is 10.0. The van der Waals surface area contributed by atoms with Crippen LogP contribution in [0, 0.1) is 0 Å². The standard InChI is InChI=1S/C15H24N2O4/c1-16-6-4-5-15(18)17-7-8-21-14-10-12(19-2)9-13(11-14)20-3/h9-11,16H,4-8H2,1-3H3,(H,17,18). The highest BCUT2D eigenvalue weighted by molar-refractivity contribution is 5.75. The Morgan fingerprint density at radius 1 is 1.05 bits per heavy atom. The zero-order chi connectivity index (χ0) is 15.5. The number of nitrogens with one attached hydrogen (secondary N) is 2. The molecule has 1 aromatic rings. The Morgan fingerprint density at radius 2 is 1.67 bits per heavy atom. The predicted molar refractivity (Wildman–Crippen MR) is 81.2 cm³/mol. The second kappa shape index (κ2) is 9.88. The van der Waals surface area contributed by atoms with E-state index < -0.39 is 0 Å². The number of methoxy groups -OCH3 is 2. The number of hydrogen-bond donors (Lipinski definition) is 2. The van der Waals surface area contributed by atoms with E-state index in [0.29, 0.717) is 36.8 Å². The molecule has 0 atom stereocenters. The van der Waals surface area contributed by atoms with Gasteiger partial charge in [-0.2, -0.15) is 0 Å². The molecule has 118 valence electrons. The molecule has 0 aliphatic carbocycles. The van der Waals surface area contributed by atoms with Crippen LogP contribution in [0.3, 0.4) is 0 Å². The van der Waals surface area contributed by atoms with Gasteiger partial charge in [0.1, 0.15) is 23.9 Å². The summed E-state index contributed by atoms with van der Waals surface area (Å²) in [6.07, 6.45) is 1.35. The van der Waals surface area contributed by atoms with Crippen LogP contribution in [0.15, 0.2) is 18.2 Å². The summed E-state index contributed by atoms with van der Waals surface area (Å²) in [6.45, 7) is 1.71. The Labute approximate surface area is 125 Å². The topological polar surface area (TPSA) is 68.8 Å². The molecule has 0 radical (unpaired) electrons.